The van der Waals surface area contributed by atoms with Crippen molar-refractivity contribution in [3.63, 3.8) is 0 Å². The van der Waals surface area contributed by atoms with Gasteiger partial charge < -0.3 is 15.1 Å². The highest BCUT2D eigenvalue weighted by Crippen LogP contribution is 2.19. The van der Waals surface area contributed by atoms with Crippen LogP contribution in [0.15, 0.2) is 18.2 Å². The molecule has 0 aliphatic rings. The molecule has 0 saturated carbocycles. The number of benzene rings is 1. The summed E-state index contributed by atoms with van der Waals surface area (Å²) in [5.74, 6) is 0. The first-order valence-corrected chi connectivity index (χ1v) is 8.48. The lowest BCUT2D eigenvalue weighted by molar-refractivity contribution is 0.275. The Morgan fingerprint density at radius 2 is 1.72 bits per heavy atom. The molecule has 0 bridgehead atoms. The standard InChI is InChI=1S/C13H21NO2S2/c1-10(18(3)17)7-14(2)13-5-11(8-15)4-12(6-13)9-16/h4-6,10,15-16H,7-9H2,1-3H3/t10-,18?/m0/s1. The van der Waals surface area contributed by atoms with Gasteiger partial charge in [0.2, 0.25) is 0 Å². The van der Waals surface area contributed by atoms with Crippen LogP contribution in [0.2, 0.25) is 0 Å². The predicted octanol–water partition coefficient (Wildman–Crippen LogP) is 1.21. The van der Waals surface area contributed by atoms with Crippen LogP contribution in [0.5, 0.6) is 0 Å². The van der Waals surface area contributed by atoms with Crippen LogP contribution in [0.3, 0.4) is 0 Å². The maximum atomic E-state index is 9.22. The Morgan fingerprint density at radius 1 is 1.22 bits per heavy atom. The number of hydrogen-bond acceptors (Lipinski definition) is 4. The monoisotopic (exact) mass is 287 g/mol. The van der Waals surface area contributed by atoms with E-state index in [1.165, 1.54) is 0 Å². The van der Waals surface area contributed by atoms with E-state index in [4.69, 9.17) is 11.2 Å². The lowest BCUT2D eigenvalue weighted by Crippen LogP contribution is -2.29. The summed E-state index contributed by atoms with van der Waals surface area (Å²) in [6.07, 6.45) is 2.07. The van der Waals surface area contributed by atoms with Gasteiger partial charge in [-0.1, -0.05) is 24.2 Å². The molecule has 0 spiro atoms. The molecule has 3 nitrogen and oxygen atoms in total. The van der Waals surface area contributed by atoms with Crippen molar-refractivity contribution in [2.45, 2.75) is 25.4 Å². The Labute approximate surface area is 116 Å². The van der Waals surface area contributed by atoms with Crippen molar-refractivity contribution in [2.75, 3.05) is 24.7 Å². The molecule has 1 aromatic rings. The van der Waals surface area contributed by atoms with Gasteiger partial charge in [0, 0.05) is 24.5 Å². The number of aliphatic hydroxyl groups excluding tert-OH is 2. The molecule has 1 aromatic carbocycles. The summed E-state index contributed by atoms with van der Waals surface area (Å²) in [7, 11) is 1.98. The second kappa shape index (κ2) is 7.19. The minimum absolute atomic E-state index is 0.0105. The minimum atomic E-state index is -0.0260. The smallest absolute Gasteiger partial charge is 0.0682 e. The summed E-state index contributed by atoms with van der Waals surface area (Å²) in [6.45, 7) is 3.01. The fourth-order valence-corrected chi connectivity index (χ4v) is 2.36. The average Bonchev–Trinajstić information content (AvgIpc) is 2.37. The third-order valence-corrected chi connectivity index (χ3v) is 5.21. The van der Waals surface area contributed by atoms with Gasteiger partial charge in [-0.25, -0.2) is 0 Å². The summed E-state index contributed by atoms with van der Waals surface area (Å²) >= 11 is 5.29. The molecule has 0 radical (unpaired) electrons. The fourth-order valence-electron chi connectivity index (χ4n) is 1.74. The molecule has 1 unspecified atom stereocenters. The molecule has 0 amide bonds. The van der Waals surface area contributed by atoms with Gasteiger partial charge in [0.05, 0.1) is 13.2 Å². The van der Waals surface area contributed by atoms with Crippen LogP contribution >= 0.6 is 0 Å². The fraction of sp³-hybridized carbons (Fsp3) is 0.538. The highest BCUT2D eigenvalue weighted by Gasteiger charge is 2.10. The van der Waals surface area contributed by atoms with Crippen molar-refractivity contribution in [3.05, 3.63) is 29.3 Å². The van der Waals surface area contributed by atoms with E-state index >= 15 is 0 Å². The van der Waals surface area contributed by atoms with Crippen LogP contribution in [0.25, 0.3) is 0 Å². The van der Waals surface area contributed by atoms with Gasteiger partial charge in [-0.3, -0.25) is 0 Å². The van der Waals surface area contributed by atoms with E-state index in [-0.39, 0.29) is 22.7 Å². The van der Waals surface area contributed by atoms with E-state index < -0.39 is 0 Å². The molecule has 0 saturated heterocycles. The first-order chi connectivity index (χ1) is 8.47. The van der Waals surface area contributed by atoms with Crippen LogP contribution in [0.4, 0.5) is 5.69 Å². The number of hydrogen-bond donors (Lipinski definition) is 2. The van der Waals surface area contributed by atoms with Gasteiger partial charge in [-0.05, 0) is 29.5 Å². The Bertz CT molecular complexity index is 401. The van der Waals surface area contributed by atoms with Gasteiger partial charge >= 0.3 is 0 Å². The van der Waals surface area contributed by atoms with E-state index in [0.717, 1.165) is 23.4 Å². The molecule has 18 heavy (non-hydrogen) atoms. The molecular weight excluding hydrogens is 266 g/mol. The maximum absolute atomic E-state index is 9.22. The Balaban J connectivity index is 2.90. The summed E-state index contributed by atoms with van der Waals surface area (Å²) in [6, 6.07) is 5.71. The Hall–Kier alpha value is -0.490. The highest BCUT2D eigenvalue weighted by molar-refractivity contribution is 8.28. The van der Waals surface area contributed by atoms with E-state index in [2.05, 4.69) is 18.1 Å². The molecule has 2 atom stereocenters. The van der Waals surface area contributed by atoms with Gasteiger partial charge in [0.25, 0.3) is 0 Å². The minimum Gasteiger partial charge on any atom is -0.392 e. The van der Waals surface area contributed by atoms with E-state index in [9.17, 15) is 10.2 Å². The molecule has 2 N–H and O–H groups in total. The van der Waals surface area contributed by atoms with Gasteiger partial charge in [0.1, 0.15) is 0 Å². The van der Waals surface area contributed by atoms with Crippen LogP contribution in [-0.2, 0) is 33.9 Å². The van der Waals surface area contributed by atoms with E-state index in [1.807, 2.05) is 25.2 Å². The average molecular weight is 287 g/mol. The third-order valence-electron chi connectivity index (χ3n) is 2.94. The van der Waals surface area contributed by atoms with Crippen LogP contribution < -0.4 is 4.90 Å². The number of anilines is 1. The lowest BCUT2D eigenvalue weighted by Gasteiger charge is -2.24. The zero-order chi connectivity index (χ0) is 13.7. The molecule has 0 aromatic heterocycles. The third kappa shape index (κ3) is 4.31. The van der Waals surface area contributed by atoms with Crippen molar-refractivity contribution < 1.29 is 10.2 Å². The van der Waals surface area contributed by atoms with Crippen molar-refractivity contribution >= 4 is 26.3 Å². The predicted molar refractivity (Wildman–Crippen MR) is 81.7 cm³/mol. The normalized spacial score (nSPS) is 14.3. The molecule has 0 fully saturated rings. The van der Waals surface area contributed by atoms with Gasteiger partial charge in [-0.2, -0.15) is 0 Å². The van der Waals surface area contributed by atoms with Crippen LogP contribution in [0, 0.1) is 0 Å². The molecule has 0 aliphatic carbocycles. The Morgan fingerprint density at radius 3 is 2.11 bits per heavy atom. The van der Waals surface area contributed by atoms with Crippen LogP contribution in [0.1, 0.15) is 18.1 Å². The molecule has 5 heteroatoms. The first kappa shape index (κ1) is 15.6. The van der Waals surface area contributed by atoms with Gasteiger partial charge in [0.15, 0.2) is 0 Å². The Kier molecular flexibility index (Phi) is 6.21. The number of nitrogens with zero attached hydrogens (tertiary/aromatic N) is 1. The lowest BCUT2D eigenvalue weighted by atomic mass is 10.1. The first-order valence-electron chi connectivity index (χ1n) is 5.85. The molecule has 0 aliphatic heterocycles. The number of rotatable bonds is 6. The second-order valence-electron chi connectivity index (χ2n) is 4.51. The zero-order valence-corrected chi connectivity index (χ0v) is 12.7. The zero-order valence-electron chi connectivity index (χ0n) is 11.1. The van der Waals surface area contributed by atoms with Crippen molar-refractivity contribution in [2.24, 2.45) is 0 Å². The molecule has 102 valence electrons. The molecule has 0 heterocycles. The van der Waals surface area contributed by atoms with E-state index in [0.29, 0.717) is 5.25 Å². The quantitative estimate of drug-likeness (QED) is 0.825. The summed E-state index contributed by atoms with van der Waals surface area (Å²) < 4.78 is 0. The van der Waals surface area contributed by atoms with Crippen molar-refractivity contribution in [1.29, 1.82) is 0 Å². The molecule has 1 rings (SSSR count). The van der Waals surface area contributed by atoms with Gasteiger partial charge in [-0.15, -0.1) is 9.45 Å². The molecular formula is C13H21NO2S2. The maximum Gasteiger partial charge on any atom is 0.0682 e. The SMILES string of the molecule is C[C@@H](CN(C)c1cc(CO)cc(CO)c1)S(C)=S. The van der Waals surface area contributed by atoms with Crippen molar-refractivity contribution in [3.8, 4) is 0 Å². The second-order valence-corrected chi connectivity index (χ2v) is 7.89. The largest absolute Gasteiger partial charge is 0.392 e. The number of aliphatic hydroxyl groups is 2. The summed E-state index contributed by atoms with van der Waals surface area (Å²) in [5, 5.41) is 18.9. The topological polar surface area (TPSA) is 43.7 Å². The van der Waals surface area contributed by atoms with Crippen molar-refractivity contribution in [1.82, 2.24) is 0 Å². The highest BCUT2D eigenvalue weighted by atomic mass is 32.8. The van der Waals surface area contributed by atoms with E-state index in [1.54, 1.807) is 0 Å². The summed E-state index contributed by atoms with van der Waals surface area (Å²) in [4.78, 5) is 2.12. The summed E-state index contributed by atoms with van der Waals surface area (Å²) in [5.41, 5.74) is 2.66. The van der Waals surface area contributed by atoms with Crippen LogP contribution in [-0.4, -0.2) is 35.3 Å².